The fourth-order valence-corrected chi connectivity index (χ4v) is 3.59. The number of benzene rings is 1. The summed E-state index contributed by atoms with van der Waals surface area (Å²) in [6.45, 7) is 2.17. The lowest BCUT2D eigenvalue weighted by Crippen LogP contribution is -2.16. The molecule has 0 spiro atoms. The van der Waals surface area contributed by atoms with Crippen molar-refractivity contribution in [3.63, 3.8) is 0 Å². The van der Waals surface area contributed by atoms with Gasteiger partial charge < -0.3 is 9.84 Å². The fourth-order valence-electron chi connectivity index (χ4n) is 3.59. The summed E-state index contributed by atoms with van der Waals surface area (Å²) in [6, 6.07) is 5.17. The van der Waals surface area contributed by atoms with Gasteiger partial charge in [-0.1, -0.05) is 56.9 Å². The van der Waals surface area contributed by atoms with E-state index in [9.17, 15) is 23.1 Å². The largest absolute Gasteiger partial charge is 0.504 e. The molecule has 1 unspecified atom stereocenters. The van der Waals surface area contributed by atoms with Crippen molar-refractivity contribution < 1.29 is 27.8 Å². The number of methoxy groups -OCH3 is 1. The predicted molar refractivity (Wildman–Crippen MR) is 122 cm³/mol. The first-order valence-electron chi connectivity index (χ1n) is 11.4. The summed E-state index contributed by atoms with van der Waals surface area (Å²) < 4.78 is 43.3. The van der Waals surface area contributed by atoms with Gasteiger partial charge in [-0.2, -0.15) is 9.78 Å². The highest BCUT2D eigenvalue weighted by molar-refractivity contribution is 5.69. The molecule has 0 bridgehead atoms. The molecule has 8 heteroatoms. The van der Waals surface area contributed by atoms with Gasteiger partial charge in [-0.25, -0.2) is 0 Å². The van der Waals surface area contributed by atoms with E-state index in [1.807, 2.05) is 12.2 Å². The normalized spacial score (nSPS) is 12.9. The van der Waals surface area contributed by atoms with Crippen LogP contribution in [-0.2, 0) is 15.8 Å². The Bertz CT molecular complexity index is 907. The van der Waals surface area contributed by atoms with Crippen LogP contribution < -0.4 is 0 Å². The molecule has 1 aromatic carbocycles. The predicted octanol–water partition coefficient (Wildman–Crippen LogP) is 6.78. The Hall–Kier alpha value is -2.61. The van der Waals surface area contributed by atoms with E-state index in [0.29, 0.717) is 29.5 Å². The second-order valence-electron chi connectivity index (χ2n) is 8.07. The number of carbonyl (C=O) groups excluding carboxylic acids is 1. The van der Waals surface area contributed by atoms with Crippen LogP contribution in [-0.4, -0.2) is 28.0 Å². The Morgan fingerprint density at radius 2 is 1.94 bits per heavy atom. The number of aliphatic hydroxyl groups is 1. The summed E-state index contributed by atoms with van der Waals surface area (Å²) in [5, 5.41) is 14.1. The summed E-state index contributed by atoms with van der Waals surface area (Å²) in [5.41, 5.74) is 2.34. The maximum Gasteiger partial charge on any atom is 0.504 e. The molecule has 1 heterocycles. The third kappa shape index (κ3) is 8.68. The highest BCUT2D eigenvalue weighted by Crippen LogP contribution is 2.31. The van der Waals surface area contributed by atoms with E-state index < -0.39 is 12.4 Å². The smallest absolute Gasteiger partial charge is 0.469 e. The number of hydrogen-bond acceptors (Lipinski definition) is 4. The number of aromatic nitrogens is 2. The highest BCUT2D eigenvalue weighted by Gasteiger charge is 2.31. The molecule has 0 saturated carbocycles. The van der Waals surface area contributed by atoms with Crippen LogP contribution >= 0.6 is 0 Å². The first-order valence-corrected chi connectivity index (χ1v) is 11.4. The number of carbonyl (C=O) groups is 1. The van der Waals surface area contributed by atoms with E-state index in [2.05, 4.69) is 16.8 Å². The lowest BCUT2D eigenvalue weighted by Gasteiger charge is -2.15. The molecule has 0 aliphatic heterocycles. The third-order valence-electron chi connectivity index (χ3n) is 5.48. The van der Waals surface area contributed by atoms with Crippen LogP contribution in [0.4, 0.5) is 13.2 Å². The Kier molecular flexibility index (Phi) is 10.6. The van der Waals surface area contributed by atoms with Gasteiger partial charge in [0.1, 0.15) is 0 Å². The van der Waals surface area contributed by atoms with Crippen molar-refractivity contribution in [2.45, 2.75) is 77.1 Å². The van der Waals surface area contributed by atoms with Crippen molar-refractivity contribution in [2.24, 2.45) is 0 Å². The maximum atomic E-state index is 12.9. The minimum atomic E-state index is -4.57. The second-order valence-corrected chi connectivity index (χ2v) is 8.07. The van der Waals surface area contributed by atoms with Gasteiger partial charge in [0, 0.05) is 18.2 Å². The number of halogens is 3. The SMILES string of the molecule is CCCCCCC/C=C/c1cc(-c2cnn(C(F)(F)F)c2)ccc1C(O)CCCC(=O)OC. The van der Waals surface area contributed by atoms with Gasteiger partial charge in [-0.3, -0.25) is 4.79 Å². The van der Waals surface area contributed by atoms with Crippen LogP contribution in [0.3, 0.4) is 0 Å². The first kappa shape index (κ1) is 26.6. The van der Waals surface area contributed by atoms with Crippen molar-refractivity contribution in [3.8, 4) is 11.1 Å². The average molecular weight is 467 g/mol. The quantitative estimate of drug-likeness (QED) is 0.261. The molecule has 182 valence electrons. The first-order chi connectivity index (χ1) is 15.8. The number of nitrogens with zero attached hydrogens (tertiary/aromatic N) is 2. The number of esters is 1. The van der Waals surface area contributed by atoms with Crippen LogP contribution in [0.15, 0.2) is 36.7 Å². The molecule has 0 fully saturated rings. The van der Waals surface area contributed by atoms with Crippen molar-refractivity contribution >= 4 is 12.0 Å². The van der Waals surface area contributed by atoms with Gasteiger partial charge in [-0.05, 0) is 48.4 Å². The third-order valence-corrected chi connectivity index (χ3v) is 5.48. The summed E-state index contributed by atoms with van der Waals surface area (Å²) in [7, 11) is 1.32. The molecule has 0 aliphatic carbocycles. The van der Waals surface area contributed by atoms with E-state index in [-0.39, 0.29) is 17.1 Å². The number of alkyl halides is 3. The minimum absolute atomic E-state index is 0.0241. The number of hydrogen-bond donors (Lipinski definition) is 1. The van der Waals surface area contributed by atoms with E-state index in [1.165, 1.54) is 32.6 Å². The molecular weight excluding hydrogens is 433 g/mol. The molecule has 33 heavy (non-hydrogen) atoms. The summed E-state index contributed by atoms with van der Waals surface area (Å²) in [6.07, 6.45) is 8.46. The molecule has 0 aliphatic rings. The van der Waals surface area contributed by atoms with Gasteiger partial charge in [0.25, 0.3) is 0 Å². The standard InChI is InChI=1S/C25H33F3N2O3/c1-3-4-5-6-7-8-9-11-20-16-19(21-17-29-30(18-21)25(26,27)28)14-15-22(20)23(31)12-10-13-24(32)33-2/h9,11,14-18,23,31H,3-8,10,12-13H2,1-2H3/b11-9+. The number of aliphatic hydroxyl groups excluding tert-OH is 1. The molecule has 1 N–H and O–H groups in total. The number of allylic oxidation sites excluding steroid dienone is 1. The van der Waals surface area contributed by atoms with E-state index >= 15 is 0 Å². The van der Waals surface area contributed by atoms with E-state index in [0.717, 1.165) is 31.0 Å². The number of unbranched alkanes of at least 4 members (excludes halogenated alkanes) is 5. The van der Waals surface area contributed by atoms with Gasteiger partial charge in [0.05, 0.1) is 19.4 Å². The van der Waals surface area contributed by atoms with Gasteiger partial charge in [-0.15, -0.1) is 13.2 Å². The highest BCUT2D eigenvalue weighted by atomic mass is 19.4. The Labute approximate surface area is 193 Å². The Morgan fingerprint density at radius 1 is 1.18 bits per heavy atom. The zero-order chi connectivity index (χ0) is 24.3. The molecule has 2 rings (SSSR count). The molecule has 0 radical (unpaired) electrons. The molecule has 1 atom stereocenters. The molecule has 1 aromatic heterocycles. The summed E-state index contributed by atoms with van der Waals surface area (Å²) >= 11 is 0. The van der Waals surface area contributed by atoms with Gasteiger partial charge >= 0.3 is 12.3 Å². The molecule has 2 aromatic rings. The van der Waals surface area contributed by atoms with Gasteiger partial charge in [0.15, 0.2) is 0 Å². The van der Waals surface area contributed by atoms with Crippen LogP contribution in [0.25, 0.3) is 17.2 Å². The second kappa shape index (κ2) is 13.2. The molecular formula is C25H33F3N2O3. The van der Waals surface area contributed by atoms with Crippen LogP contribution in [0.1, 0.15) is 81.9 Å². The molecule has 0 saturated heterocycles. The van der Waals surface area contributed by atoms with E-state index in [1.54, 1.807) is 18.2 Å². The lowest BCUT2D eigenvalue weighted by molar-refractivity contribution is -0.212. The zero-order valence-electron chi connectivity index (χ0n) is 19.3. The summed E-state index contributed by atoms with van der Waals surface area (Å²) in [5.74, 6) is -0.331. The van der Waals surface area contributed by atoms with Crippen molar-refractivity contribution in [1.29, 1.82) is 0 Å². The van der Waals surface area contributed by atoms with Crippen LogP contribution in [0.2, 0.25) is 0 Å². The van der Waals surface area contributed by atoms with Crippen molar-refractivity contribution in [3.05, 3.63) is 47.8 Å². The number of ether oxygens (including phenoxy) is 1. The Morgan fingerprint density at radius 3 is 2.61 bits per heavy atom. The van der Waals surface area contributed by atoms with E-state index in [4.69, 9.17) is 0 Å². The monoisotopic (exact) mass is 466 g/mol. The minimum Gasteiger partial charge on any atom is -0.469 e. The topological polar surface area (TPSA) is 64.3 Å². The maximum absolute atomic E-state index is 12.9. The summed E-state index contributed by atoms with van der Waals surface area (Å²) in [4.78, 5) is 11.3. The van der Waals surface area contributed by atoms with Gasteiger partial charge in [0.2, 0.25) is 0 Å². The van der Waals surface area contributed by atoms with Crippen molar-refractivity contribution in [1.82, 2.24) is 9.78 Å². The van der Waals surface area contributed by atoms with Crippen molar-refractivity contribution in [2.75, 3.05) is 7.11 Å². The number of rotatable bonds is 13. The lowest BCUT2D eigenvalue weighted by atomic mass is 9.94. The molecule has 5 nitrogen and oxygen atoms in total. The zero-order valence-corrected chi connectivity index (χ0v) is 19.3. The molecule has 0 amide bonds. The van der Waals surface area contributed by atoms with Crippen LogP contribution in [0, 0.1) is 0 Å². The average Bonchev–Trinajstić information content (AvgIpc) is 3.29. The Balaban J connectivity index is 2.19. The fraction of sp³-hybridized carbons (Fsp3) is 0.520. The van der Waals surface area contributed by atoms with Crippen LogP contribution in [0.5, 0.6) is 0 Å².